The van der Waals surface area contributed by atoms with Crippen molar-refractivity contribution in [3.05, 3.63) is 88.2 Å². The van der Waals surface area contributed by atoms with Gasteiger partial charge in [0, 0.05) is 17.1 Å². The molecular weight excluding hydrogens is 433 g/mol. The van der Waals surface area contributed by atoms with Crippen LogP contribution in [0.1, 0.15) is 22.7 Å². The van der Waals surface area contributed by atoms with E-state index in [0.717, 1.165) is 11.1 Å². The lowest BCUT2D eigenvalue weighted by Gasteiger charge is -2.38. The number of para-hydroxylation sites is 1. The molecule has 0 radical (unpaired) electrons. The predicted octanol–water partition coefficient (Wildman–Crippen LogP) is 5.05. The number of fused-ring (bicyclic) bond motifs is 1. The molecule has 0 spiro atoms. The molecule has 0 bridgehead atoms. The van der Waals surface area contributed by atoms with Crippen molar-refractivity contribution < 1.29 is 23.4 Å². The third-order valence-corrected chi connectivity index (χ3v) is 5.90. The van der Waals surface area contributed by atoms with E-state index in [-0.39, 0.29) is 23.1 Å². The van der Waals surface area contributed by atoms with Crippen molar-refractivity contribution in [3.8, 4) is 17.2 Å². The highest BCUT2D eigenvalue weighted by molar-refractivity contribution is 6.31. The zero-order valence-electron chi connectivity index (χ0n) is 17.8. The van der Waals surface area contributed by atoms with Gasteiger partial charge in [-0.05, 0) is 53.9 Å². The molecule has 0 saturated heterocycles. The summed E-state index contributed by atoms with van der Waals surface area (Å²) in [6, 6.07) is 16.5. The summed E-state index contributed by atoms with van der Waals surface area (Å²) in [7, 11) is 3.10. The Kier molecular flexibility index (Phi) is 6.51. The second-order valence-electron chi connectivity index (χ2n) is 7.38. The highest BCUT2D eigenvalue weighted by atomic mass is 35.5. The Hall–Kier alpha value is -3.25. The molecule has 1 atom stereocenters. The number of carbonyl (C=O) groups excluding carboxylic acids is 1. The van der Waals surface area contributed by atoms with Gasteiger partial charge in [0.1, 0.15) is 11.6 Å². The number of benzene rings is 3. The van der Waals surface area contributed by atoms with Crippen LogP contribution in [0.5, 0.6) is 17.2 Å². The van der Waals surface area contributed by atoms with Gasteiger partial charge in [0.2, 0.25) is 0 Å². The molecule has 5 nitrogen and oxygen atoms in total. The van der Waals surface area contributed by atoms with Gasteiger partial charge in [-0.2, -0.15) is 0 Å². The average molecular weight is 456 g/mol. The van der Waals surface area contributed by atoms with Crippen molar-refractivity contribution in [1.82, 2.24) is 4.90 Å². The Labute approximate surface area is 191 Å². The van der Waals surface area contributed by atoms with Gasteiger partial charge in [-0.3, -0.25) is 4.79 Å². The third kappa shape index (κ3) is 4.23. The molecule has 0 saturated carbocycles. The molecular formula is C25H23ClFNO4. The van der Waals surface area contributed by atoms with Crippen LogP contribution in [0.3, 0.4) is 0 Å². The van der Waals surface area contributed by atoms with Crippen LogP contribution in [-0.2, 0) is 11.2 Å². The van der Waals surface area contributed by atoms with Gasteiger partial charge in [-0.25, -0.2) is 4.39 Å². The highest BCUT2D eigenvalue weighted by Crippen LogP contribution is 2.43. The molecule has 1 amide bonds. The second kappa shape index (κ2) is 9.49. The minimum absolute atomic E-state index is 0.171. The molecule has 1 heterocycles. The van der Waals surface area contributed by atoms with E-state index >= 15 is 4.39 Å². The van der Waals surface area contributed by atoms with Crippen LogP contribution < -0.4 is 14.2 Å². The van der Waals surface area contributed by atoms with Crippen LogP contribution in [0.2, 0.25) is 5.02 Å². The van der Waals surface area contributed by atoms with E-state index in [1.54, 1.807) is 42.3 Å². The molecule has 0 unspecified atom stereocenters. The Morgan fingerprint density at radius 1 is 1.06 bits per heavy atom. The summed E-state index contributed by atoms with van der Waals surface area (Å²) in [5, 5.41) is 0.249. The molecule has 0 fully saturated rings. The summed E-state index contributed by atoms with van der Waals surface area (Å²) >= 11 is 6.44. The number of hydrogen-bond acceptors (Lipinski definition) is 4. The summed E-state index contributed by atoms with van der Waals surface area (Å²) in [6.07, 6.45) is 0.579. The van der Waals surface area contributed by atoms with E-state index in [4.69, 9.17) is 25.8 Å². The van der Waals surface area contributed by atoms with Crippen LogP contribution in [-0.4, -0.2) is 38.2 Å². The van der Waals surface area contributed by atoms with Crippen molar-refractivity contribution in [3.63, 3.8) is 0 Å². The molecule has 7 heteroatoms. The lowest BCUT2D eigenvalue weighted by atomic mass is 9.87. The number of methoxy groups -OCH3 is 2. The minimum atomic E-state index is -0.723. The van der Waals surface area contributed by atoms with Crippen LogP contribution >= 0.6 is 11.6 Å². The minimum Gasteiger partial charge on any atom is -0.493 e. The fourth-order valence-corrected chi connectivity index (χ4v) is 4.31. The van der Waals surface area contributed by atoms with Crippen molar-refractivity contribution >= 4 is 17.5 Å². The molecule has 3 aromatic rings. The normalized spacial score (nSPS) is 15.1. The van der Waals surface area contributed by atoms with Crippen molar-refractivity contribution in [1.29, 1.82) is 0 Å². The van der Waals surface area contributed by atoms with E-state index in [1.807, 2.05) is 24.3 Å². The van der Waals surface area contributed by atoms with E-state index < -0.39 is 11.9 Å². The second-order valence-corrected chi connectivity index (χ2v) is 7.79. The topological polar surface area (TPSA) is 48.0 Å². The standard InChI is InChI=1S/C25H23ClFNO4/c1-30-21-13-16-11-12-28(23(29)15-32-17-7-4-3-5-8-17)25(18(16)14-22(21)31-2)24-19(26)9-6-10-20(24)27/h3-10,13-14,25H,11-12,15H2,1-2H3/t25-/m0/s1. The van der Waals surface area contributed by atoms with Crippen LogP contribution in [0.25, 0.3) is 0 Å². The van der Waals surface area contributed by atoms with Crippen LogP contribution in [0.15, 0.2) is 60.7 Å². The van der Waals surface area contributed by atoms with Gasteiger partial charge in [-0.1, -0.05) is 35.9 Å². The Morgan fingerprint density at radius 2 is 1.78 bits per heavy atom. The zero-order chi connectivity index (χ0) is 22.7. The van der Waals surface area contributed by atoms with Crippen LogP contribution in [0, 0.1) is 5.82 Å². The van der Waals surface area contributed by atoms with Gasteiger partial charge in [0.15, 0.2) is 18.1 Å². The summed E-state index contributed by atoms with van der Waals surface area (Å²) in [5.74, 6) is 0.922. The lowest BCUT2D eigenvalue weighted by molar-refractivity contribution is -0.135. The van der Waals surface area contributed by atoms with Crippen molar-refractivity contribution in [2.24, 2.45) is 0 Å². The number of carbonyl (C=O) groups is 1. The number of ether oxygens (including phenoxy) is 3. The number of nitrogens with zero attached hydrogens (tertiary/aromatic N) is 1. The predicted molar refractivity (Wildman–Crippen MR) is 120 cm³/mol. The maximum Gasteiger partial charge on any atom is 0.261 e. The van der Waals surface area contributed by atoms with Crippen LogP contribution in [0.4, 0.5) is 4.39 Å². The lowest BCUT2D eigenvalue weighted by Crippen LogP contribution is -2.43. The number of rotatable bonds is 6. The summed E-state index contributed by atoms with van der Waals surface area (Å²) < 4.78 is 31.6. The largest absolute Gasteiger partial charge is 0.493 e. The smallest absolute Gasteiger partial charge is 0.261 e. The molecule has 32 heavy (non-hydrogen) atoms. The van der Waals surface area contributed by atoms with Gasteiger partial charge in [0.25, 0.3) is 5.91 Å². The Balaban J connectivity index is 1.76. The van der Waals surface area contributed by atoms with E-state index in [1.165, 1.54) is 13.2 Å². The fraction of sp³-hybridized carbons (Fsp3) is 0.240. The van der Waals surface area contributed by atoms with Crippen molar-refractivity contribution in [2.45, 2.75) is 12.5 Å². The quantitative estimate of drug-likeness (QED) is 0.522. The zero-order valence-corrected chi connectivity index (χ0v) is 18.6. The van der Waals surface area contributed by atoms with Crippen molar-refractivity contribution in [2.75, 3.05) is 27.4 Å². The molecule has 0 aliphatic carbocycles. The third-order valence-electron chi connectivity index (χ3n) is 5.57. The van der Waals surface area contributed by atoms with E-state index in [9.17, 15) is 4.79 Å². The van der Waals surface area contributed by atoms with Gasteiger partial charge in [-0.15, -0.1) is 0 Å². The Bertz CT molecular complexity index is 1100. The van der Waals surface area contributed by atoms with Gasteiger partial charge < -0.3 is 19.1 Å². The molecule has 166 valence electrons. The molecule has 0 N–H and O–H groups in total. The monoisotopic (exact) mass is 455 g/mol. The first-order valence-electron chi connectivity index (χ1n) is 10.2. The molecule has 3 aromatic carbocycles. The van der Waals surface area contributed by atoms with Gasteiger partial charge >= 0.3 is 0 Å². The highest BCUT2D eigenvalue weighted by Gasteiger charge is 2.36. The fourth-order valence-electron chi connectivity index (χ4n) is 4.04. The number of hydrogen-bond donors (Lipinski definition) is 0. The van der Waals surface area contributed by atoms with E-state index in [0.29, 0.717) is 30.2 Å². The number of halogens is 2. The van der Waals surface area contributed by atoms with Gasteiger partial charge in [0.05, 0.1) is 20.3 Å². The SMILES string of the molecule is COc1cc2c(cc1OC)[C@@H](c1c(F)cccc1Cl)N(C(=O)COc1ccccc1)CC2. The first-order valence-corrected chi connectivity index (χ1v) is 10.6. The molecule has 4 rings (SSSR count). The first kappa shape index (κ1) is 22.0. The maximum absolute atomic E-state index is 15.0. The summed E-state index contributed by atoms with van der Waals surface area (Å²) in [4.78, 5) is 14.9. The molecule has 0 aromatic heterocycles. The number of amides is 1. The Morgan fingerprint density at radius 3 is 2.47 bits per heavy atom. The molecule has 1 aliphatic heterocycles. The summed E-state index contributed by atoms with van der Waals surface area (Å²) in [6.45, 7) is 0.212. The maximum atomic E-state index is 15.0. The first-order chi connectivity index (χ1) is 15.5. The average Bonchev–Trinajstić information content (AvgIpc) is 2.82. The summed E-state index contributed by atoms with van der Waals surface area (Å²) in [5.41, 5.74) is 1.93. The molecule has 1 aliphatic rings. The van der Waals surface area contributed by atoms with E-state index in [2.05, 4.69) is 0 Å².